The number of anilines is 1. The normalized spacial score (nSPS) is 16.2. The zero-order valence-electron chi connectivity index (χ0n) is 14.6. The monoisotopic (exact) mass is 470 g/mol. The first-order valence-electron chi connectivity index (χ1n) is 8.45. The molecule has 0 bridgehead atoms. The lowest BCUT2D eigenvalue weighted by Gasteiger charge is -2.30. The van der Waals surface area contributed by atoms with Crippen LogP contribution in [0.4, 0.5) is 5.69 Å². The van der Waals surface area contributed by atoms with E-state index in [1.54, 1.807) is 36.4 Å². The number of nitrogens with one attached hydrogen (secondary N) is 1. The van der Waals surface area contributed by atoms with Gasteiger partial charge in [0.25, 0.3) is 10.0 Å². The minimum atomic E-state index is -3.50. The number of piperidine rings is 1. The summed E-state index contributed by atoms with van der Waals surface area (Å²) in [6.45, 7) is 2.13. The molecule has 0 spiro atoms. The van der Waals surface area contributed by atoms with Crippen molar-refractivity contribution in [3.8, 4) is 0 Å². The fourth-order valence-corrected chi connectivity index (χ4v) is 6.59. The van der Waals surface area contributed by atoms with E-state index < -0.39 is 10.0 Å². The Hall–Kier alpha value is -1.55. The van der Waals surface area contributed by atoms with Gasteiger partial charge in [-0.1, -0.05) is 0 Å². The number of Topliss-reactive ketones (excluding diaryl/α,β-unsaturated/α-hetero) is 1. The molecule has 1 aromatic carbocycles. The molecule has 1 N–H and O–H groups in total. The molecule has 0 radical (unpaired) electrons. The van der Waals surface area contributed by atoms with E-state index in [9.17, 15) is 18.0 Å². The zero-order chi connectivity index (χ0) is 19.6. The van der Waals surface area contributed by atoms with E-state index in [1.807, 2.05) is 0 Å². The van der Waals surface area contributed by atoms with Crippen molar-refractivity contribution in [2.24, 2.45) is 5.92 Å². The number of amides is 1. The average Bonchev–Trinajstić information content (AvgIpc) is 3.09. The predicted molar refractivity (Wildman–Crippen MR) is 109 cm³/mol. The molecular weight excluding hydrogens is 452 g/mol. The maximum atomic E-state index is 12.6. The van der Waals surface area contributed by atoms with Gasteiger partial charge in [-0.25, -0.2) is 8.42 Å². The lowest BCUT2D eigenvalue weighted by molar-refractivity contribution is -0.120. The standard InChI is InChI=1S/C18H19BrN2O4S2/c1-12(22)13-2-4-15(5-3-13)20-18(23)14-8-10-21(11-9-14)27(24,25)17-7-6-16(19)26-17/h2-7,14H,8-11H2,1H3,(H,20,23). The molecule has 0 unspecified atom stereocenters. The first-order valence-corrected chi connectivity index (χ1v) is 11.5. The molecule has 27 heavy (non-hydrogen) atoms. The van der Waals surface area contributed by atoms with Crippen LogP contribution < -0.4 is 5.32 Å². The molecule has 3 rings (SSSR count). The van der Waals surface area contributed by atoms with Crippen LogP contribution in [0.5, 0.6) is 0 Å². The number of halogens is 1. The van der Waals surface area contributed by atoms with Crippen molar-refractivity contribution >= 4 is 54.7 Å². The molecule has 144 valence electrons. The summed E-state index contributed by atoms with van der Waals surface area (Å²) in [5.41, 5.74) is 1.22. The van der Waals surface area contributed by atoms with Gasteiger partial charge in [-0.05, 0) is 72.1 Å². The first-order chi connectivity index (χ1) is 12.8. The molecule has 1 aromatic heterocycles. The highest BCUT2D eigenvalue weighted by Gasteiger charge is 2.32. The van der Waals surface area contributed by atoms with Crippen LogP contribution in [-0.4, -0.2) is 37.5 Å². The lowest BCUT2D eigenvalue weighted by atomic mass is 9.97. The molecule has 0 atom stereocenters. The molecule has 9 heteroatoms. The zero-order valence-corrected chi connectivity index (χ0v) is 17.9. The van der Waals surface area contributed by atoms with Crippen LogP contribution in [-0.2, 0) is 14.8 Å². The molecular formula is C18H19BrN2O4S2. The molecule has 0 saturated carbocycles. The number of hydrogen-bond acceptors (Lipinski definition) is 5. The third-order valence-corrected chi connectivity index (χ3v) is 8.52. The number of carbonyl (C=O) groups excluding carboxylic acids is 2. The number of thiophene rings is 1. The third-order valence-electron chi connectivity index (χ3n) is 4.53. The van der Waals surface area contributed by atoms with E-state index in [0.717, 1.165) is 3.79 Å². The van der Waals surface area contributed by atoms with Gasteiger partial charge < -0.3 is 5.32 Å². The summed E-state index contributed by atoms with van der Waals surface area (Å²) in [4.78, 5) is 23.8. The Morgan fingerprint density at radius 3 is 2.26 bits per heavy atom. The summed E-state index contributed by atoms with van der Waals surface area (Å²) in [6.07, 6.45) is 0.951. The SMILES string of the molecule is CC(=O)c1ccc(NC(=O)C2CCN(S(=O)(=O)c3ccc(Br)s3)CC2)cc1. The second-order valence-corrected chi connectivity index (χ2v) is 11.0. The van der Waals surface area contributed by atoms with Crippen molar-refractivity contribution in [3.63, 3.8) is 0 Å². The largest absolute Gasteiger partial charge is 0.326 e. The van der Waals surface area contributed by atoms with E-state index in [0.29, 0.717) is 41.4 Å². The van der Waals surface area contributed by atoms with Gasteiger partial charge in [0.2, 0.25) is 5.91 Å². The van der Waals surface area contributed by atoms with Gasteiger partial charge in [0.15, 0.2) is 5.78 Å². The van der Waals surface area contributed by atoms with E-state index in [4.69, 9.17) is 0 Å². The Labute approximate surface area is 170 Å². The Balaban J connectivity index is 1.58. The fourth-order valence-electron chi connectivity index (χ4n) is 2.95. The van der Waals surface area contributed by atoms with Crippen molar-refractivity contribution < 1.29 is 18.0 Å². The summed E-state index contributed by atoms with van der Waals surface area (Å²) >= 11 is 4.47. The highest BCUT2D eigenvalue weighted by Crippen LogP contribution is 2.31. The van der Waals surface area contributed by atoms with Crippen molar-refractivity contribution in [3.05, 3.63) is 45.7 Å². The minimum Gasteiger partial charge on any atom is -0.326 e. The number of carbonyl (C=O) groups is 2. The highest BCUT2D eigenvalue weighted by atomic mass is 79.9. The summed E-state index contributed by atoms with van der Waals surface area (Å²) in [6, 6.07) is 10.0. The van der Waals surface area contributed by atoms with Gasteiger partial charge in [-0.15, -0.1) is 11.3 Å². The highest BCUT2D eigenvalue weighted by molar-refractivity contribution is 9.11. The maximum absolute atomic E-state index is 12.6. The summed E-state index contributed by atoms with van der Waals surface area (Å²) in [5.74, 6) is -0.389. The van der Waals surface area contributed by atoms with Crippen molar-refractivity contribution in [1.82, 2.24) is 4.31 Å². The van der Waals surface area contributed by atoms with Crippen LogP contribution in [0.25, 0.3) is 0 Å². The Morgan fingerprint density at radius 1 is 1.11 bits per heavy atom. The second-order valence-electron chi connectivity index (χ2n) is 6.36. The number of nitrogens with zero attached hydrogens (tertiary/aromatic N) is 1. The third kappa shape index (κ3) is 4.66. The van der Waals surface area contributed by atoms with Crippen LogP contribution in [0, 0.1) is 5.92 Å². The molecule has 1 amide bonds. The van der Waals surface area contributed by atoms with Gasteiger partial charge in [-0.3, -0.25) is 9.59 Å². The first kappa shape index (κ1) is 20.2. The lowest BCUT2D eigenvalue weighted by Crippen LogP contribution is -2.41. The number of sulfonamides is 1. The molecule has 1 aliphatic rings. The maximum Gasteiger partial charge on any atom is 0.252 e. The molecule has 0 aliphatic carbocycles. The van der Waals surface area contributed by atoms with Gasteiger partial charge in [0, 0.05) is 30.3 Å². The molecule has 6 nitrogen and oxygen atoms in total. The molecule has 2 aromatic rings. The summed E-state index contributed by atoms with van der Waals surface area (Å²) in [5, 5.41) is 2.84. The van der Waals surface area contributed by atoms with Gasteiger partial charge in [0.1, 0.15) is 4.21 Å². The molecule has 1 saturated heterocycles. The number of ketones is 1. The topological polar surface area (TPSA) is 83.6 Å². The van der Waals surface area contributed by atoms with E-state index >= 15 is 0 Å². The van der Waals surface area contributed by atoms with Crippen LogP contribution >= 0.6 is 27.3 Å². The Kier molecular flexibility index (Phi) is 6.15. The fraction of sp³-hybridized carbons (Fsp3) is 0.333. The molecule has 1 fully saturated rings. The van der Waals surface area contributed by atoms with Gasteiger partial charge in [-0.2, -0.15) is 4.31 Å². The van der Waals surface area contributed by atoms with Crippen molar-refractivity contribution in [2.75, 3.05) is 18.4 Å². The van der Waals surface area contributed by atoms with E-state index in [2.05, 4.69) is 21.2 Å². The van der Waals surface area contributed by atoms with E-state index in [1.165, 1.54) is 22.6 Å². The summed E-state index contributed by atoms with van der Waals surface area (Å²) < 4.78 is 27.8. The van der Waals surface area contributed by atoms with Gasteiger partial charge in [0.05, 0.1) is 3.79 Å². The van der Waals surface area contributed by atoms with Crippen molar-refractivity contribution in [1.29, 1.82) is 0 Å². The van der Waals surface area contributed by atoms with Gasteiger partial charge >= 0.3 is 0 Å². The van der Waals surface area contributed by atoms with Crippen LogP contribution in [0.1, 0.15) is 30.1 Å². The number of benzene rings is 1. The summed E-state index contributed by atoms with van der Waals surface area (Å²) in [7, 11) is -3.50. The van der Waals surface area contributed by atoms with E-state index in [-0.39, 0.29) is 17.6 Å². The van der Waals surface area contributed by atoms with Crippen molar-refractivity contribution in [2.45, 2.75) is 24.0 Å². The number of rotatable bonds is 5. The van der Waals surface area contributed by atoms with Crippen LogP contribution in [0.15, 0.2) is 44.4 Å². The smallest absolute Gasteiger partial charge is 0.252 e. The second kappa shape index (κ2) is 8.22. The predicted octanol–water partition coefficient (Wildman–Crippen LogP) is 3.75. The quantitative estimate of drug-likeness (QED) is 0.674. The molecule has 1 aliphatic heterocycles. The minimum absolute atomic E-state index is 0.0285. The Morgan fingerprint density at radius 2 is 1.74 bits per heavy atom. The molecule has 2 heterocycles. The van der Waals surface area contributed by atoms with Crippen LogP contribution in [0.2, 0.25) is 0 Å². The Bertz CT molecular complexity index is 946. The number of hydrogen-bond donors (Lipinski definition) is 1. The average molecular weight is 471 g/mol. The van der Waals surface area contributed by atoms with Crippen LogP contribution in [0.3, 0.4) is 0 Å².